The maximum Gasteiger partial charge on any atom is 0.277 e. The summed E-state index contributed by atoms with van der Waals surface area (Å²) in [7, 11) is -3.39. The van der Waals surface area contributed by atoms with Crippen LogP contribution in [0.2, 0.25) is 0 Å². The minimum Gasteiger partial charge on any atom is -0.290 e. The first-order valence-corrected chi connectivity index (χ1v) is 7.30. The first kappa shape index (κ1) is 14.4. The molecule has 0 unspecified atom stereocenters. The fourth-order valence-corrected chi connectivity index (χ4v) is 3.24. The van der Waals surface area contributed by atoms with Crippen LogP contribution in [0.1, 0.15) is 26.7 Å². The van der Waals surface area contributed by atoms with Gasteiger partial charge in [-0.25, -0.2) is 0 Å². The van der Waals surface area contributed by atoms with Crippen LogP contribution in [-0.4, -0.2) is 45.0 Å². The van der Waals surface area contributed by atoms with Crippen LogP contribution in [0.5, 0.6) is 0 Å². The van der Waals surface area contributed by atoms with E-state index in [1.807, 2.05) is 4.90 Å². The minimum absolute atomic E-state index is 0.0267. The SMILES string of the molecule is CC(C)NS(=O)(=O)NC1CCN(CC#N)CC1. The van der Waals surface area contributed by atoms with Gasteiger partial charge in [0, 0.05) is 25.2 Å². The van der Waals surface area contributed by atoms with Crippen LogP contribution in [0.15, 0.2) is 0 Å². The number of nitrogens with zero attached hydrogens (tertiary/aromatic N) is 2. The Morgan fingerprint density at radius 1 is 1.41 bits per heavy atom. The summed E-state index contributed by atoms with van der Waals surface area (Å²) in [5.41, 5.74) is 0. The van der Waals surface area contributed by atoms with E-state index in [4.69, 9.17) is 5.26 Å². The Labute approximate surface area is 103 Å². The van der Waals surface area contributed by atoms with Crippen LogP contribution in [0, 0.1) is 11.3 Å². The van der Waals surface area contributed by atoms with Crippen molar-refractivity contribution in [2.24, 2.45) is 0 Å². The lowest BCUT2D eigenvalue weighted by molar-refractivity contribution is 0.228. The highest BCUT2D eigenvalue weighted by atomic mass is 32.2. The molecule has 0 aromatic carbocycles. The van der Waals surface area contributed by atoms with Crippen molar-refractivity contribution >= 4 is 10.2 Å². The molecule has 1 rings (SSSR count). The maximum absolute atomic E-state index is 11.6. The fourth-order valence-electron chi connectivity index (χ4n) is 1.87. The van der Waals surface area contributed by atoms with Crippen LogP contribution in [-0.2, 0) is 10.2 Å². The van der Waals surface area contributed by atoms with Gasteiger partial charge in [0.15, 0.2) is 0 Å². The second-order valence-electron chi connectivity index (χ2n) is 4.60. The second kappa shape index (κ2) is 6.31. The maximum atomic E-state index is 11.6. The largest absolute Gasteiger partial charge is 0.290 e. The number of piperidine rings is 1. The molecule has 1 fully saturated rings. The van der Waals surface area contributed by atoms with Crippen molar-refractivity contribution in [1.82, 2.24) is 14.3 Å². The lowest BCUT2D eigenvalue weighted by atomic mass is 10.1. The molecule has 0 aliphatic carbocycles. The molecule has 17 heavy (non-hydrogen) atoms. The van der Waals surface area contributed by atoms with Gasteiger partial charge >= 0.3 is 0 Å². The van der Waals surface area contributed by atoms with Gasteiger partial charge in [0.2, 0.25) is 0 Å². The summed E-state index contributed by atoms with van der Waals surface area (Å²) >= 11 is 0. The first-order chi connectivity index (χ1) is 7.93. The minimum atomic E-state index is -3.39. The van der Waals surface area contributed by atoms with E-state index in [2.05, 4.69) is 15.5 Å². The molecule has 0 aromatic rings. The zero-order valence-corrected chi connectivity index (χ0v) is 11.1. The highest BCUT2D eigenvalue weighted by Gasteiger charge is 2.23. The Morgan fingerprint density at radius 3 is 2.47 bits per heavy atom. The van der Waals surface area contributed by atoms with Gasteiger partial charge in [-0.3, -0.25) is 4.90 Å². The molecule has 98 valence electrons. The molecular weight excluding hydrogens is 240 g/mol. The summed E-state index contributed by atoms with van der Waals surface area (Å²) in [5.74, 6) is 0. The molecule has 0 spiro atoms. The lowest BCUT2D eigenvalue weighted by Gasteiger charge is -2.30. The van der Waals surface area contributed by atoms with E-state index in [9.17, 15) is 8.42 Å². The Balaban J connectivity index is 2.38. The van der Waals surface area contributed by atoms with E-state index >= 15 is 0 Å². The van der Waals surface area contributed by atoms with Crippen molar-refractivity contribution in [3.05, 3.63) is 0 Å². The molecular formula is C10H20N4O2S. The number of likely N-dealkylation sites (tertiary alicyclic amines) is 1. The van der Waals surface area contributed by atoms with Crippen molar-refractivity contribution in [1.29, 1.82) is 5.26 Å². The van der Waals surface area contributed by atoms with Gasteiger partial charge in [-0.15, -0.1) is 0 Å². The summed E-state index contributed by atoms with van der Waals surface area (Å²) in [4.78, 5) is 2.03. The van der Waals surface area contributed by atoms with Crippen molar-refractivity contribution in [3.63, 3.8) is 0 Å². The van der Waals surface area contributed by atoms with E-state index in [1.54, 1.807) is 13.8 Å². The van der Waals surface area contributed by atoms with E-state index in [0.717, 1.165) is 25.9 Å². The Bertz CT molecular complexity index is 366. The summed E-state index contributed by atoms with van der Waals surface area (Å²) in [6, 6.07) is 1.97. The van der Waals surface area contributed by atoms with Crippen LogP contribution < -0.4 is 9.44 Å². The predicted octanol–water partition coefficient (Wildman–Crippen LogP) is -0.193. The number of hydrogen-bond acceptors (Lipinski definition) is 4. The van der Waals surface area contributed by atoms with Gasteiger partial charge in [-0.2, -0.15) is 23.1 Å². The molecule has 0 saturated carbocycles. The summed E-state index contributed by atoms with van der Waals surface area (Å²) in [6.45, 7) is 5.53. The standard InChI is InChI=1S/C10H20N4O2S/c1-9(2)12-17(15,16)13-10-3-6-14(7-4-10)8-5-11/h9-10,12-13H,3-4,6-8H2,1-2H3. The summed E-state index contributed by atoms with van der Waals surface area (Å²) in [5, 5.41) is 8.56. The van der Waals surface area contributed by atoms with E-state index in [1.165, 1.54) is 0 Å². The van der Waals surface area contributed by atoms with E-state index < -0.39 is 10.2 Å². The van der Waals surface area contributed by atoms with Crippen LogP contribution in [0.3, 0.4) is 0 Å². The molecule has 1 aliphatic heterocycles. The number of nitrogens with one attached hydrogen (secondary N) is 2. The van der Waals surface area contributed by atoms with E-state index in [0.29, 0.717) is 6.54 Å². The topological polar surface area (TPSA) is 85.2 Å². The average molecular weight is 260 g/mol. The van der Waals surface area contributed by atoms with Gasteiger partial charge in [0.1, 0.15) is 0 Å². The molecule has 0 radical (unpaired) electrons. The van der Waals surface area contributed by atoms with Crippen molar-refractivity contribution in [2.75, 3.05) is 19.6 Å². The fraction of sp³-hybridized carbons (Fsp3) is 0.900. The number of rotatable bonds is 5. The third-order valence-electron chi connectivity index (χ3n) is 2.59. The molecule has 0 aromatic heterocycles. The highest BCUT2D eigenvalue weighted by molar-refractivity contribution is 7.87. The van der Waals surface area contributed by atoms with Gasteiger partial charge in [-0.1, -0.05) is 0 Å². The highest BCUT2D eigenvalue weighted by Crippen LogP contribution is 2.10. The first-order valence-electron chi connectivity index (χ1n) is 5.82. The monoisotopic (exact) mass is 260 g/mol. The van der Waals surface area contributed by atoms with Gasteiger partial charge in [0.25, 0.3) is 10.2 Å². The zero-order chi connectivity index (χ0) is 12.9. The van der Waals surface area contributed by atoms with Crippen LogP contribution >= 0.6 is 0 Å². The van der Waals surface area contributed by atoms with E-state index in [-0.39, 0.29) is 12.1 Å². The van der Waals surface area contributed by atoms with Crippen LogP contribution in [0.25, 0.3) is 0 Å². The third-order valence-corrected chi connectivity index (χ3v) is 4.02. The molecule has 6 nitrogen and oxygen atoms in total. The summed E-state index contributed by atoms with van der Waals surface area (Å²) < 4.78 is 28.4. The normalized spacial score (nSPS) is 19.4. The van der Waals surface area contributed by atoms with Crippen molar-refractivity contribution in [2.45, 2.75) is 38.8 Å². The molecule has 1 heterocycles. The molecule has 0 bridgehead atoms. The zero-order valence-electron chi connectivity index (χ0n) is 10.3. The molecule has 7 heteroatoms. The molecule has 0 amide bonds. The molecule has 1 aliphatic rings. The predicted molar refractivity (Wildman–Crippen MR) is 65.4 cm³/mol. The Morgan fingerprint density at radius 2 is 2.00 bits per heavy atom. The smallest absolute Gasteiger partial charge is 0.277 e. The van der Waals surface area contributed by atoms with Crippen molar-refractivity contribution < 1.29 is 8.42 Å². The average Bonchev–Trinajstić information content (AvgIpc) is 2.18. The molecule has 2 N–H and O–H groups in total. The Hall–Kier alpha value is -0.680. The number of nitriles is 1. The van der Waals surface area contributed by atoms with Crippen molar-refractivity contribution in [3.8, 4) is 6.07 Å². The number of hydrogen-bond donors (Lipinski definition) is 2. The molecule has 0 atom stereocenters. The van der Waals surface area contributed by atoms with Gasteiger partial charge in [-0.05, 0) is 26.7 Å². The molecule has 1 saturated heterocycles. The van der Waals surface area contributed by atoms with Gasteiger partial charge < -0.3 is 0 Å². The second-order valence-corrected chi connectivity index (χ2v) is 6.08. The Kier molecular flexibility index (Phi) is 5.33. The summed E-state index contributed by atoms with van der Waals surface area (Å²) in [6.07, 6.45) is 1.50. The quantitative estimate of drug-likeness (QED) is 0.671. The van der Waals surface area contributed by atoms with Crippen LogP contribution in [0.4, 0.5) is 0 Å². The van der Waals surface area contributed by atoms with Gasteiger partial charge in [0.05, 0.1) is 12.6 Å². The third kappa shape index (κ3) is 5.46. The lowest BCUT2D eigenvalue weighted by Crippen LogP contribution is -2.49.